The molecule has 1 heteroatoms. The van der Waals surface area contributed by atoms with Gasteiger partial charge in [-0.15, -0.1) is 0 Å². The highest BCUT2D eigenvalue weighted by Gasteiger charge is 2.10. The molecule has 0 radical (unpaired) electrons. The molecule has 0 atom stereocenters. The minimum atomic E-state index is 0.498. The Morgan fingerprint density at radius 1 is 1.17 bits per heavy atom. The Kier molecular flexibility index (Phi) is 4.84. The van der Waals surface area contributed by atoms with Crippen molar-refractivity contribution < 1.29 is 0 Å². The molecule has 0 bridgehead atoms. The van der Waals surface area contributed by atoms with Gasteiger partial charge in [-0.3, -0.25) is 0 Å². The molecule has 0 aliphatic rings. The molecule has 0 rings (SSSR count). The fourth-order valence-electron chi connectivity index (χ4n) is 1.12. The molecule has 0 saturated heterocycles. The Labute approximate surface area is 78.1 Å². The summed E-state index contributed by atoms with van der Waals surface area (Å²) in [4.78, 5) is 2.41. The lowest BCUT2D eigenvalue weighted by Gasteiger charge is -2.23. The Hall–Kier alpha value is -0.0400. The van der Waals surface area contributed by atoms with Gasteiger partial charge in [-0.1, -0.05) is 20.8 Å². The molecule has 0 aromatic rings. The third kappa shape index (κ3) is 6.66. The molecule has 0 spiro atoms. The highest BCUT2D eigenvalue weighted by Crippen LogP contribution is 2.20. The van der Waals surface area contributed by atoms with E-state index in [0.29, 0.717) is 11.5 Å². The van der Waals surface area contributed by atoms with Crippen molar-refractivity contribution in [3.63, 3.8) is 0 Å². The van der Waals surface area contributed by atoms with Crippen LogP contribution in [0.3, 0.4) is 0 Å². The van der Waals surface area contributed by atoms with Crippen molar-refractivity contribution >= 4 is 0 Å². The first kappa shape index (κ1) is 12.0. The first-order valence-electron chi connectivity index (χ1n) is 5.03. The second-order valence-electron chi connectivity index (χ2n) is 5.24. The molecule has 0 N–H and O–H groups in total. The SMILES string of the molecule is CC(C)N(C)CCCC(C)(C)C. The van der Waals surface area contributed by atoms with Crippen LogP contribution >= 0.6 is 0 Å². The van der Waals surface area contributed by atoms with Gasteiger partial charge in [0.25, 0.3) is 0 Å². The molecule has 1 nitrogen and oxygen atoms in total. The van der Waals surface area contributed by atoms with Gasteiger partial charge >= 0.3 is 0 Å². The van der Waals surface area contributed by atoms with Crippen molar-refractivity contribution in [1.82, 2.24) is 4.90 Å². The monoisotopic (exact) mass is 171 g/mol. The molecule has 12 heavy (non-hydrogen) atoms. The zero-order chi connectivity index (χ0) is 9.78. The first-order chi connectivity index (χ1) is 5.33. The minimum Gasteiger partial charge on any atom is -0.304 e. The van der Waals surface area contributed by atoms with Gasteiger partial charge in [-0.2, -0.15) is 0 Å². The number of hydrogen-bond acceptors (Lipinski definition) is 1. The van der Waals surface area contributed by atoms with Crippen LogP contribution in [0.5, 0.6) is 0 Å². The Morgan fingerprint density at radius 2 is 1.67 bits per heavy atom. The van der Waals surface area contributed by atoms with E-state index in [-0.39, 0.29) is 0 Å². The third-order valence-electron chi connectivity index (χ3n) is 2.32. The van der Waals surface area contributed by atoms with Crippen LogP contribution in [0.25, 0.3) is 0 Å². The molecule has 0 fully saturated rings. The average molecular weight is 171 g/mol. The summed E-state index contributed by atoms with van der Waals surface area (Å²) in [5, 5.41) is 0. The van der Waals surface area contributed by atoms with Crippen LogP contribution in [-0.4, -0.2) is 24.5 Å². The second kappa shape index (κ2) is 4.86. The van der Waals surface area contributed by atoms with Gasteiger partial charge in [-0.25, -0.2) is 0 Å². The predicted molar refractivity (Wildman–Crippen MR) is 56.5 cm³/mol. The van der Waals surface area contributed by atoms with Gasteiger partial charge in [0, 0.05) is 6.04 Å². The van der Waals surface area contributed by atoms with Crippen LogP contribution in [0.2, 0.25) is 0 Å². The van der Waals surface area contributed by atoms with Gasteiger partial charge in [0.05, 0.1) is 0 Å². The van der Waals surface area contributed by atoms with Crippen LogP contribution in [0.15, 0.2) is 0 Å². The lowest BCUT2D eigenvalue weighted by molar-refractivity contribution is 0.247. The summed E-state index contributed by atoms with van der Waals surface area (Å²) in [5.74, 6) is 0. The zero-order valence-electron chi connectivity index (χ0n) is 9.65. The summed E-state index contributed by atoms with van der Waals surface area (Å²) in [6.07, 6.45) is 2.64. The number of hydrogen-bond donors (Lipinski definition) is 0. The van der Waals surface area contributed by atoms with Crippen molar-refractivity contribution in [3.8, 4) is 0 Å². The molecule has 0 aliphatic carbocycles. The van der Waals surface area contributed by atoms with E-state index in [1.165, 1.54) is 19.4 Å². The molecule has 0 aliphatic heterocycles. The van der Waals surface area contributed by atoms with E-state index < -0.39 is 0 Å². The normalized spacial score (nSPS) is 13.0. The molecule has 0 aromatic carbocycles. The summed E-state index contributed by atoms with van der Waals surface area (Å²) in [7, 11) is 2.20. The highest BCUT2D eigenvalue weighted by molar-refractivity contribution is 4.64. The van der Waals surface area contributed by atoms with Gasteiger partial charge < -0.3 is 4.90 Å². The second-order valence-corrected chi connectivity index (χ2v) is 5.24. The molecule has 74 valence electrons. The zero-order valence-corrected chi connectivity index (χ0v) is 9.65. The van der Waals surface area contributed by atoms with E-state index in [4.69, 9.17) is 0 Å². The number of nitrogens with zero attached hydrogens (tertiary/aromatic N) is 1. The topological polar surface area (TPSA) is 3.24 Å². The van der Waals surface area contributed by atoms with E-state index in [2.05, 4.69) is 46.6 Å². The lowest BCUT2D eigenvalue weighted by Crippen LogP contribution is -2.27. The molecule has 0 aromatic heterocycles. The summed E-state index contributed by atoms with van der Waals surface area (Å²) >= 11 is 0. The third-order valence-corrected chi connectivity index (χ3v) is 2.32. The van der Waals surface area contributed by atoms with Crippen LogP contribution in [-0.2, 0) is 0 Å². The fourth-order valence-corrected chi connectivity index (χ4v) is 1.12. The average Bonchev–Trinajstić information content (AvgIpc) is 1.84. The fraction of sp³-hybridized carbons (Fsp3) is 1.00. The lowest BCUT2D eigenvalue weighted by atomic mass is 9.90. The molecule has 0 saturated carbocycles. The minimum absolute atomic E-state index is 0.498. The Bertz CT molecular complexity index is 111. The quantitative estimate of drug-likeness (QED) is 0.628. The van der Waals surface area contributed by atoms with E-state index in [0.717, 1.165) is 0 Å². The largest absolute Gasteiger partial charge is 0.304 e. The van der Waals surface area contributed by atoms with Gasteiger partial charge in [0.2, 0.25) is 0 Å². The smallest absolute Gasteiger partial charge is 0.00355 e. The maximum absolute atomic E-state index is 2.41. The van der Waals surface area contributed by atoms with Gasteiger partial charge in [0.15, 0.2) is 0 Å². The summed E-state index contributed by atoms with van der Waals surface area (Å²) in [6, 6.07) is 0.685. The Balaban J connectivity index is 3.44. The van der Waals surface area contributed by atoms with Crippen molar-refractivity contribution in [2.45, 2.75) is 53.5 Å². The first-order valence-corrected chi connectivity index (χ1v) is 5.03. The van der Waals surface area contributed by atoms with Crippen LogP contribution in [0.4, 0.5) is 0 Å². The molecular weight excluding hydrogens is 146 g/mol. The van der Waals surface area contributed by atoms with Crippen LogP contribution in [0.1, 0.15) is 47.5 Å². The van der Waals surface area contributed by atoms with Crippen LogP contribution in [0, 0.1) is 5.41 Å². The van der Waals surface area contributed by atoms with E-state index in [1.807, 2.05) is 0 Å². The van der Waals surface area contributed by atoms with Gasteiger partial charge in [-0.05, 0) is 45.7 Å². The van der Waals surface area contributed by atoms with E-state index >= 15 is 0 Å². The predicted octanol–water partition coefficient (Wildman–Crippen LogP) is 3.15. The maximum Gasteiger partial charge on any atom is 0.00355 e. The number of rotatable bonds is 4. The molecular formula is C11H25N. The standard InChI is InChI=1S/C11H25N/c1-10(2)12(6)9-7-8-11(3,4)5/h10H,7-9H2,1-6H3. The Morgan fingerprint density at radius 3 is 2.00 bits per heavy atom. The van der Waals surface area contributed by atoms with Crippen molar-refractivity contribution in [1.29, 1.82) is 0 Å². The maximum atomic E-state index is 2.41. The molecule has 0 amide bonds. The van der Waals surface area contributed by atoms with Crippen LogP contribution < -0.4 is 0 Å². The van der Waals surface area contributed by atoms with Crippen molar-refractivity contribution in [2.24, 2.45) is 5.41 Å². The highest BCUT2D eigenvalue weighted by atomic mass is 15.1. The summed E-state index contributed by atoms with van der Waals surface area (Å²) in [6.45, 7) is 12.6. The summed E-state index contributed by atoms with van der Waals surface area (Å²) < 4.78 is 0. The molecule has 0 unspecified atom stereocenters. The van der Waals surface area contributed by atoms with Gasteiger partial charge in [0.1, 0.15) is 0 Å². The van der Waals surface area contributed by atoms with Crippen molar-refractivity contribution in [3.05, 3.63) is 0 Å². The molecule has 0 heterocycles. The van der Waals surface area contributed by atoms with E-state index in [1.54, 1.807) is 0 Å². The van der Waals surface area contributed by atoms with E-state index in [9.17, 15) is 0 Å². The van der Waals surface area contributed by atoms with Crippen molar-refractivity contribution in [2.75, 3.05) is 13.6 Å². The summed E-state index contributed by atoms with van der Waals surface area (Å²) in [5.41, 5.74) is 0.498.